The SMILES string of the molecule is C=Cc1c(/C=C\C)n(-c2ccc3c4ccccc4n(-c4nc(-c5ccc6ccccc6c5)c5ccccc5n4)c3c2)c2ccc3c(c4ccccc4n3-c3cc(-c4ccccc4)cc(-c4ccccc4)c3)c12. The van der Waals surface area contributed by atoms with Gasteiger partial charge in [-0.05, 0) is 113 Å². The fraction of sp³-hybridized carbons (Fsp3) is 0.0149. The molecule has 14 rings (SSSR count). The van der Waals surface area contributed by atoms with Crippen molar-refractivity contribution in [3.8, 4) is 50.8 Å². The Kier molecular flexibility index (Phi) is 9.51. The van der Waals surface area contributed by atoms with E-state index in [-0.39, 0.29) is 0 Å². The Hall–Kier alpha value is -9.58. The number of benzene rings is 10. The van der Waals surface area contributed by atoms with Crippen molar-refractivity contribution in [3.63, 3.8) is 0 Å². The lowest BCUT2D eigenvalue weighted by Crippen LogP contribution is -2.04. The van der Waals surface area contributed by atoms with Crippen LogP contribution in [-0.4, -0.2) is 23.7 Å². The van der Waals surface area contributed by atoms with Crippen molar-refractivity contribution in [1.29, 1.82) is 0 Å². The van der Waals surface area contributed by atoms with Crippen LogP contribution in [0.3, 0.4) is 0 Å². The Morgan fingerprint density at radius 1 is 0.389 bits per heavy atom. The lowest BCUT2D eigenvalue weighted by Gasteiger charge is -2.14. The number of hydrogen-bond acceptors (Lipinski definition) is 2. The highest BCUT2D eigenvalue weighted by atomic mass is 15.2. The molecular formula is C67H45N5. The van der Waals surface area contributed by atoms with Crippen molar-refractivity contribution in [2.75, 3.05) is 0 Å². The van der Waals surface area contributed by atoms with Crippen LogP contribution in [0.2, 0.25) is 0 Å². The fourth-order valence-electron chi connectivity index (χ4n) is 11.3. The van der Waals surface area contributed by atoms with Gasteiger partial charge in [0, 0.05) is 54.8 Å². The molecule has 0 radical (unpaired) electrons. The average Bonchev–Trinajstić information content (AvgIpc) is 4.08. The summed E-state index contributed by atoms with van der Waals surface area (Å²) in [5.74, 6) is 0.624. The average molecular weight is 920 g/mol. The second-order valence-corrected chi connectivity index (χ2v) is 18.6. The van der Waals surface area contributed by atoms with E-state index in [9.17, 15) is 0 Å². The molecule has 0 aliphatic carbocycles. The molecule has 4 heterocycles. The number of nitrogens with zero attached hydrogens (tertiary/aromatic N) is 5. The summed E-state index contributed by atoms with van der Waals surface area (Å²) in [6, 6.07) is 80.7. The first kappa shape index (κ1) is 41.4. The van der Waals surface area contributed by atoms with Gasteiger partial charge in [0.15, 0.2) is 0 Å². The summed E-state index contributed by atoms with van der Waals surface area (Å²) in [7, 11) is 0. The molecular weight excluding hydrogens is 875 g/mol. The third-order valence-corrected chi connectivity index (χ3v) is 14.5. The summed E-state index contributed by atoms with van der Waals surface area (Å²) in [6.07, 6.45) is 6.39. The van der Waals surface area contributed by atoms with Crippen molar-refractivity contribution in [1.82, 2.24) is 23.7 Å². The van der Waals surface area contributed by atoms with Crippen LogP contribution in [0.5, 0.6) is 0 Å². The summed E-state index contributed by atoms with van der Waals surface area (Å²) in [4.78, 5) is 10.8. The van der Waals surface area contributed by atoms with E-state index >= 15 is 0 Å². The quantitative estimate of drug-likeness (QED) is 0.152. The lowest BCUT2D eigenvalue weighted by molar-refractivity contribution is 1.01. The molecule has 0 unspecified atom stereocenters. The van der Waals surface area contributed by atoms with E-state index in [1.165, 1.54) is 43.8 Å². The van der Waals surface area contributed by atoms with Crippen molar-refractivity contribution >= 4 is 88.3 Å². The van der Waals surface area contributed by atoms with Crippen molar-refractivity contribution in [3.05, 3.63) is 248 Å². The standard InChI is InChI=1S/C67H45N5/c1-3-19-58-52(4-2)64-61(36-37-62-65(64)56-28-15-18-31-60(56)71(62)51-40-48(43-20-7-5-8-21-43)39-49(41-51)44-22-9-6-10-23-44)70(58)50-34-35-54-53-26-14-17-30-59(53)72(63(54)42-50)67-68-57-29-16-13-27-55(57)66(69-67)47-33-32-45-24-11-12-25-46(45)38-47/h3-42H,2H2,1H3/b19-3-. The minimum Gasteiger partial charge on any atom is -0.309 e. The zero-order chi connectivity index (χ0) is 47.9. The summed E-state index contributed by atoms with van der Waals surface area (Å²) in [6.45, 7) is 6.59. The van der Waals surface area contributed by atoms with Crippen LogP contribution in [0.15, 0.2) is 237 Å². The highest BCUT2D eigenvalue weighted by Crippen LogP contribution is 2.44. The summed E-state index contributed by atoms with van der Waals surface area (Å²) < 4.78 is 7.10. The third-order valence-electron chi connectivity index (χ3n) is 14.5. The van der Waals surface area contributed by atoms with Gasteiger partial charge < -0.3 is 9.13 Å². The van der Waals surface area contributed by atoms with Crippen LogP contribution >= 0.6 is 0 Å². The van der Waals surface area contributed by atoms with Gasteiger partial charge in [0.1, 0.15) is 0 Å². The van der Waals surface area contributed by atoms with Gasteiger partial charge in [-0.25, -0.2) is 9.97 Å². The van der Waals surface area contributed by atoms with E-state index in [2.05, 4.69) is 264 Å². The minimum atomic E-state index is 0.624. The molecule has 10 aromatic carbocycles. The molecule has 0 saturated heterocycles. The first-order chi connectivity index (χ1) is 35.6. The highest BCUT2D eigenvalue weighted by Gasteiger charge is 2.24. The van der Waals surface area contributed by atoms with E-state index in [4.69, 9.17) is 9.97 Å². The van der Waals surface area contributed by atoms with E-state index in [1.807, 2.05) is 6.08 Å². The van der Waals surface area contributed by atoms with Crippen LogP contribution in [0.4, 0.5) is 0 Å². The van der Waals surface area contributed by atoms with Gasteiger partial charge in [-0.15, -0.1) is 0 Å². The monoisotopic (exact) mass is 919 g/mol. The molecule has 0 atom stereocenters. The van der Waals surface area contributed by atoms with Gasteiger partial charge >= 0.3 is 0 Å². The predicted octanol–water partition coefficient (Wildman–Crippen LogP) is 17.6. The highest BCUT2D eigenvalue weighted by molar-refractivity contribution is 6.24. The molecule has 0 N–H and O–H groups in total. The molecule has 0 amide bonds. The molecule has 0 fully saturated rings. The van der Waals surface area contributed by atoms with Gasteiger partial charge in [0.2, 0.25) is 5.95 Å². The van der Waals surface area contributed by atoms with Gasteiger partial charge in [-0.1, -0.05) is 176 Å². The van der Waals surface area contributed by atoms with E-state index in [0.717, 1.165) is 88.5 Å². The van der Waals surface area contributed by atoms with Gasteiger partial charge in [-0.2, -0.15) is 0 Å². The predicted molar refractivity (Wildman–Crippen MR) is 304 cm³/mol. The van der Waals surface area contributed by atoms with Gasteiger partial charge in [0.25, 0.3) is 0 Å². The van der Waals surface area contributed by atoms with Crippen molar-refractivity contribution < 1.29 is 0 Å². The molecule has 14 aromatic rings. The fourth-order valence-corrected chi connectivity index (χ4v) is 11.3. The van der Waals surface area contributed by atoms with Crippen molar-refractivity contribution in [2.24, 2.45) is 0 Å². The first-order valence-electron chi connectivity index (χ1n) is 24.6. The van der Waals surface area contributed by atoms with Crippen LogP contribution in [0.25, 0.3) is 139 Å². The maximum atomic E-state index is 5.49. The molecule has 0 aliphatic rings. The Morgan fingerprint density at radius 3 is 1.72 bits per heavy atom. The maximum absolute atomic E-state index is 5.49. The normalized spacial score (nSPS) is 12.0. The Morgan fingerprint density at radius 2 is 1.00 bits per heavy atom. The van der Waals surface area contributed by atoms with E-state index < -0.39 is 0 Å². The number of aromatic nitrogens is 5. The molecule has 338 valence electrons. The Bertz CT molecular complexity index is 4470. The largest absolute Gasteiger partial charge is 0.309 e. The second-order valence-electron chi connectivity index (χ2n) is 18.6. The molecule has 0 saturated carbocycles. The van der Waals surface area contributed by atoms with Crippen LogP contribution < -0.4 is 0 Å². The minimum absolute atomic E-state index is 0.624. The zero-order valence-corrected chi connectivity index (χ0v) is 39.5. The number of para-hydroxylation sites is 3. The van der Waals surface area contributed by atoms with Crippen LogP contribution in [0.1, 0.15) is 18.2 Å². The Labute approximate surface area is 416 Å². The molecule has 4 aromatic heterocycles. The molecule has 72 heavy (non-hydrogen) atoms. The van der Waals surface area contributed by atoms with Gasteiger partial charge in [-0.3, -0.25) is 4.57 Å². The number of fused-ring (bicyclic) bond motifs is 10. The van der Waals surface area contributed by atoms with E-state index in [0.29, 0.717) is 5.95 Å². The first-order valence-corrected chi connectivity index (χ1v) is 24.6. The Balaban J connectivity index is 1.02. The molecule has 0 spiro atoms. The van der Waals surface area contributed by atoms with Crippen molar-refractivity contribution in [2.45, 2.75) is 6.92 Å². The zero-order valence-electron chi connectivity index (χ0n) is 39.5. The second kappa shape index (κ2) is 16.5. The van der Waals surface area contributed by atoms with Gasteiger partial charge in [0.05, 0.1) is 44.5 Å². The van der Waals surface area contributed by atoms with Crippen LogP contribution in [-0.2, 0) is 0 Å². The number of allylic oxidation sites excluding steroid dienone is 1. The molecule has 0 bridgehead atoms. The summed E-state index contributed by atoms with van der Waals surface area (Å²) in [5, 5.41) is 9.18. The van der Waals surface area contributed by atoms with E-state index in [1.54, 1.807) is 0 Å². The van der Waals surface area contributed by atoms with Crippen LogP contribution in [0, 0.1) is 0 Å². The maximum Gasteiger partial charge on any atom is 0.235 e. The summed E-state index contributed by atoms with van der Waals surface area (Å²) >= 11 is 0. The molecule has 5 nitrogen and oxygen atoms in total. The third kappa shape index (κ3) is 6.41. The smallest absolute Gasteiger partial charge is 0.235 e. The molecule has 5 heteroatoms. The summed E-state index contributed by atoms with van der Waals surface area (Å²) in [5.41, 5.74) is 17.2. The topological polar surface area (TPSA) is 40.6 Å². The number of hydrogen-bond donors (Lipinski definition) is 0. The number of rotatable bonds is 8. The molecule has 0 aliphatic heterocycles. The lowest BCUT2D eigenvalue weighted by atomic mass is 9.98.